The third kappa shape index (κ3) is 12.2. The topological polar surface area (TPSA) is 232 Å². The minimum Gasteiger partial charge on any atom is -0.445 e. The molecule has 5 amide bonds. The van der Waals surface area contributed by atoms with Crippen LogP contribution in [0.5, 0.6) is 0 Å². The third-order valence-corrected chi connectivity index (χ3v) is 10.8. The number of nitrogens with zero attached hydrogens (tertiary/aromatic N) is 5. The zero-order valence-corrected chi connectivity index (χ0v) is 33.5. The van der Waals surface area contributed by atoms with Gasteiger partial charge in [-0.2, -0.15) is 0 Å². The summed E-state index contributed by atoms with van der Waals surface area (Å²) in [6, 6.07) is 11.1. The molecule has 0 bridgehead atoms. The molecule has 1 aliphatic carbocycles. The highest BCUT2D eigenvalue weighted by molar-refractivity contribution is 6.37. The number of rotatable bonds is 18. The van der Waals surface area contributed by atoms with Gasteiger partial charge in [0.25, 0.3) is 11.8 Å². The zero-order chi connectivity index (χ0) is 42.5. The Morgan fingerprint density at radius 1 is 1.00 bits per heavy atom. The Hall–Kier alpha value is -6.15. The van der Waals surface area contributed by atoms with Crippen LogP contribution in [-0.2, 0) is 36.1 Å². The number of hydrogen-bond acceptors (Lipinski definition) is 10. The number of carbonyl (C=O) groups excluding carboxylic acids is 6. The lowest BCUT2D eigenvalue weighted by Crippen LogP contribution is -2.56. The van der Waals surface area contributed by atoms with Gasteiger partial charge in [0.1, 0.15) is 24.3 Å². The van der Waals surface area contributed by atoms with Crippen molar-refractivity contribution in [3.05, 3.63) is 89.0 Å². The van der Waals surface area contributed by atoms with E-state index in [0.29, 0.717) is 25.0 Å². The van der Waals surface area contributed by atoms with Crippen LogP contribution < -0.4 is 21.7 Å². The molecule has 17 heteroatoms. The molecular weight excluding hydrogens is 759 g/mol. The Morgan fingerprint density at radius 2 is 1.75 bits per heavy atom. The predicted molar refractivity (Wildman–Crippen MR) is 214 cm³/mol. The molecule has 0 radical (unpaired) electrons. The van der Waals surface area contributed by atoms with Crippen LogP contribution in [0, 0.1) is 12.5 Å². The number of ketones is 1. The maximum atomic E-state index is 14.8. The number of aromatic nitrogens is 3. The number of amides is 5. The smallest absolute Gasteiger partial charge is 0.407 e. The summed E-state index contributed by atoms with van der Waals surface area (Å²) < 4.78 is 6.70. The molecule has 1 unspecified atom stereocenters. The number of benzene rings is 2. The van der Waals surface area contributed by atoms with E-state index in [1.807, 2.05) is 30.3 Å². The first-order valence-corrected chi connectivity index (χ1v) is 20.1. The molecular formula is C42H53N9O8. The highest BCUT2D eigenvalue weighted by Crippen LogP contribution is 2.33. The van der Waals surface area contributed by atoms with Crippen molar-refractivity contribution in [3.8, 4) is 0 Å². The molecule has 4 atom stereocenters. The molecule has 314 valence electrons. The number of nitrogens with two attached hydrogens (primary N) is 1. The molecule has 59 heavy (non-hydrogen) atoms. The minimum atomic E-state index is -1.37. The van der Waals surface area contributed by atoms with Gasteiger partial charge in [-0.15, -0.1) is 5.10 Å². The van der Waals surface area contributed by atoms with Gasteiger partial charge in [0, 0.05) is 25.1 Å². The first kappa shape index (κ1) is 44.0. The van der Waals surface area contributed by atoms with Crippen molar-refractivity contribution in [1.29, 1.82) is 0 Å². The highest BCUT2D eigenvalue weighted by atomic mass is 16.5. The lowest BCUT2D eigenvalue weighted by molar-refractivity contribution is -0.142. The van der Waals surface area contributed by atoms with Gasteiger partial charge in [-0.05, 0) is 57.1 Å². The Morgan fingerprint density at radius 3 is 2.44 bits per heavy atom. The number of aliphatic hydroxyl groups is 1. The van der Waals surface area contributed by atoms with Gasteiger partial charge < -0.3 is 36.4 Å². The Kier molecular flexibility index (Phi) is 15.3. The standard InChI is InChI=1S/C42H53N9O8/c1-42(2,58)35-24-46-49-51(35)31-23-34(39(55)47-32(36(52)37(43)53)19-10-11-20-45-41(57)59-26-28-15-8-5-9-16-28)50(25-31)40(56)33(21-27-13-6-4-7-14-27)48-38(54)29-17-12-18-30(22-29)44-3/h5,8-9,12,15-18,22,24,27,31-34,58H,4,6-7,10-11,13-14,19-21,23,25-26H2,1-2H3,(H2,43,53)(H,45,57)(H,47,55)(H,48,54)/t31-,32?,33+,34-/m0/s1. The second-order valence-electron chi connectivity index (χ2n) is 15.7. The minimum absolute atomic E-state index is 0.00759. The number of alkyl carbamates (subject to hydrolysis) is 1. The number of unbranched alkanes of at least 4 members (excludes halogenated alkanes) is 1. The number of Topliss-reactive ketones (excluding diaryl/α,β-unsaturated/α-hetero) is 1. The van der Waals surface area contributed by atoms with E-state index in [9.17, 15) is 33.9 Å². The Bertz CT molecular complexity index is 2000. The van der Waals surface area contributed by atoms with Gasteiger partial charge in [-0.1, -0.05) is 85.8 Å². The summed E-state index contributed by atoms with van der Waals surface area (Å²) in [5.41, 5.74) is 5.67. The Balaban J connectivity index is 1.34. The lowest BCUT2D eigenvalue weighted by atomic mass is 9.84. The largest absolute Gasteiger partial charge is 0.445 e. The van der Waals surface area contributed by atoms with Crippen molar-refractivity contribution in [3.63, 3.8) is 0 Å². The van der Waals surface area contributed by atoms with Crippen molar-refractivity contribution < 1.29 is 38.6 Å². The number of nitrogens with one attached hydrogen (secondary N) is 3. The monoisotopic (exact) mass is 811 g/mol. The van der Waals surface area contributed by atoms with Gasteiger partial charge in [0.2, 0.25) is 17.6 Å². The van der Waals surface area contributed by atoms with E-state index in [0.717, 1.165) is 37.7 Å². The van der Waals surface area contributed by atoms with Gasteiger partial charge in [-0.3, -0.25) is 24.0 Å². The molecule has 1 saturated heterocycles. The summed E-state index contributed by atoms with van der Waals surface area (Å²) in [6.45, 7) is 10.7. The molecule has 1 aromatic heterocycles. The third-order valence-electron chi connectivity index (χ3n) is 10.8. The first-order chi connectivity index (χ1) is 28.2. The molecule has 3 aromatic rings. The van der Waals surface area contributed by atoms with Crippen LogP contribution in [0.3, 0.4) is 0 Å². The SMILES string of the molecule is [C-]#[N+]c1cccc(C(=O)N[C@H](CC2CCCCC2)C(=O)N2C[C@@H](n3nncc3C(C)(C)O)C[C@H]2C(=O)NC(CCCCNC(=O)OCc2ccccc2)C(=O)C(N)=O)c1. The summed E-state index contributed by atoms with van der Waals surface area (Å²) in [5.74, 6) is -3.93. The van der Waals surface area contributed by atoms with Gasteiger partial charge in [0.15, 0.2) is 5.69 Å². The maximum Gasteiger partial charge on any atom is 0.407 e. The van der Waals surface area contributed by atoms with Crippen molar-refractivity contribution >= 4 is 41.2 Å². The lowest BCUT2D eigenvalue weighted by Gasteiger charge is -2.32. The summed E-state index contributed by atoms with van der Waals surface area (Å²) >= 11 is 0. The summed E-state index contributed by atoms with van der Waals surface area (Å²) in [6.07, 6.45) is 6.58. The average molecular weight is 812 g/mol. The molecule has 17 nitrogen and oxygen atoms in total. The predicted octanol–water partition coefficient (Wildman–Crippen LogP) is 3.60. The molecule has 6 N–H and O–H groups in total. The quantitative estimate of drug-likeness (QED) is 0.0712. The molecule has 2 fully saturated rings. The second kappa shape index (κ2) is 20.5. The first-order valence-electron chi connectivity index (χ1n) is 20.1. The molecule has 1 saturated carbocycles. The number of hydrogen-bond donors (Lipinski definition) is 5. The van der Waals surface area contributed by atoms with E-state index in [2.05, 4.69) is 31.1 Å². The summed E-state index contributed by atoms with van der Waals surface area (Å²) in [4.78, 5) is 84.9. The highest BCUT2D eigenvalue weighted by Gasteiger charge is 2.45. The van der Waals surface area contributed by atoms with E-state index in [1.54, 1.807) is 32.0 Å². The molecule has 2 aliphatic rings. The normalized spacial score (nSPS) is 17.9. The van der Waals surface area contributed by atoms with Crippen LogP contribution in [-0.4, -0.2) is 91.7 Å². The van der Waals surface area contributed by atoms with Crippen LogP contribution in [0.4, 0.5) is 10.5 Å². The number of ether oxygens (including phenoxy) is 1. The number of likely N-dealkylation sites (tertiary alicyclic amines) is 1. The summed E-state index contributed by atoms with van der Waals surface area (Å²) in [5, 5.41) is 27.3. The molecule has 2 heterocycles. The number of primary amides is 1. The van der Waals surface area contributed by atoms with Crippen molar-refractivity contribution in [2.24, 2.45) is 11.7 Å². The second-order valence-corrected chi connectivity index (χ2v) is 15.7. The average Bonchev–Trinajstić information content (AvgIpc) is 3.91. The maximum absolute atomic E-state index is 14.8. The van der Waals surface area contributed by atoms with E-state index in [-0.39, 0.29) is 49.7 Å². The van der Waals surface area contributed by atoms with E-state index < -0.39 is 65.3 Å². The van der Waals surface area contributed by atoms with Crippen LogP contribution >= 0.6 is 0 Å². The van der Waals surface area contributed by atoms with Crippen LogP contribution in [0.1, 0.15) is 106 Å². The van der Waals surface area contributed by atoms with Crippen molar-refractivity contribution in [2.45, 2.75) is 114 Å². The molecule has 5 rings (SSSR count). The van der Waals surface area contributed by atoms with Crippen LogP contribution in [0.2, 0.25) is 0 Å². The van der Waals surface area contributed by atoms with Gasteiger partial charge >= 0.3 is 6.09 Å². The fourth-order valence-electron chi connectivity index (χ4n) is 7.72. The molecule has 0 spiro atoms. The number of carbonyl (C=O) groups is 6. The van der Waals surface area contributed by atoms with Crippen LogP contribution in [0.15, 0.2) is 60.8 Å². The molecule has 1 aliphatic heterocycles. The fraction of sp³-hybridized carbons (Fsp3) is 0.500. The van der Waals surface area contributed by atoms with E-state index >= 15 is 0 Å². The van der Waals surface area contributed by atoms with Crippen molar-refractivity contribution in [1.82, 2.24) is 35.8 Å². The van der Waals surface area contributed by atoms with Crippen LogP contribution in [0.25, 0.3) is 4.85 Å². The summed E-state index contributed by atoms with van der Waals surface area (Å²) in [7, 11) is 0. The van der Waals surface area contributed by atoms with E-state index in [1.165, 1.54) is 21.8 Å². The molecule has 2 aromatic carbocycles. The van der Waals surface area contributed by atoms with Gasteiger partial charge in [0.05, 0.1) is 30.5 Å². The van der Waals surface area contributed by atoms with Crippen molar-refractivity contribution in [2.75, 3.05) is 13.1 Å². The fourth-order valence-corrected chi connectivity index (χ4v) is 7.72. The zero-order valence-electron chi connectivity index (χ0n) is 33.5. The Labute approximate surface area is 343 Å². The van der Waals surface area contributed by atoms with Gasteiger partial charge in [-0.25, -0.2) is 14.3 Å². The van der Waals surface area contributed by atoms with E-state index in [4.69, 9.17) is 17.0 Å².